The van der Waals surface area contributed by atoms with E-state index in [0.29, 0.717) is 17.2 Å². The highest BCUT2D eigenvalue weighted by Gasteiger charge is 2.10. The van der Waals surface area contributed by atoms with Crippen LogP contribution in [0.1, 0.15) is 15.9 Å². The molecule has 0 radical (unpaired) electrons. The van der Waals surface area contributed by atoms with Crippen molar-refractivity contribution in [2.75, 3.05) is 12.4 Å². The molecule has 2 heterocycles. The topological polar surface area (TPSA) is 81.9 Å². The number of nitrogens with one attached hydrogen (secondary N) is 1. The third-order valence-corrected chi connectivity index (χ3v) is 4.78. The van der Waals surface area contributed by atoms with Crippen LogP contribution in [0.25, 0.3) is 10.2 Å². The molecule has 7 nitrogen and oxygen atoms in total. The zero-order chi connectivity index (χ0) is 17.9. The van der Waals surface area contributed by atoms with Gasteiger partial charge in [0.1, 0.15) is 18.4 Å². The first-order valence-corrected chi connectivity index (χ1v) is 8.70. The Morgan fingerprint density at radius 1 is 1.23 bits per heavy atom. The van der Waals surface area contributed by atoms with E-state index in [1.54, 1.807) is 30.3 Å². The molecule has 0 saturated heterocycles. The Morgan fingerprint density at radius 2 is 2.08 bits per heavy atom. The number of fused-ring (bicyclic) bond motifs is 1. The highest BCUT2D eigenvalue weighted by atomic mass is 32.1. The van der Waals surface area contributed by atoms with Gasteiger partial charge >= 0.3 is 0 Å². The summed E-state index contributed by atoms with van der Waals surface area (Å²) in [5, 5.41) is 7.48. The summed E-state index contributed by atoms with van der Waals surface area (Å²) in [5.41, 5.74) is 2.44. The van der Waals surface area contributed by atoms with E-state index in [1.807, 2.05) is 30.3 Å². The molecule has 0 unspecified atom stereocenters. The van der Waals surface area contributed by atoms with Gasteiger partial charge in [-0.2, -0.15) is 5.10 Å². The number of aromatic nitrogens is 4. The van der Waals surface area contributed by atoms with Gasteiger partial charge in [-0.15, -0.1) is 0 Å². The molecule has 0 aliphatic rings. The third kappa shape index (κ3) is 3.40. The van der Waals surface area contributed by atoms with Crippen LogP contribution in [-0.2, 0) is 6.54 Å². The Bertz CT molecular complexity index is 1040. The molecule has 1 amide bonds. The maximum Gasteiger partial charge on any atom is 0.257 e. The van der Waals surface area contributed by atoms with E-state index >= 15 is 0 Å². The Kier molecular flexibility index (Phi) is 4.32. The lowest BCUT2D eigenvalue weighted by Crippen LogP contribution is -2.11. The van der Waals surface area contributed by atoms with Gasteiger partial charge < -0.3 is 4.74 Å². The molecule has 8 heteroatoms. The van der Waals surface area contributed by atoms with Crippen LogP contribution >= 0.6 is 11.3 Å². The van der Waals surface area contributed by atoms with Gasteiger partial charge in [-0.1, -0.05) is 23.5 Å². The standard InChI is InChI=1S/C18H15N5O2S/c1-25-14-6-7-15-16(8-14)26-18(21-15)22-17(24)13-4-2-12(3-5-13)9-23-11-19-10-20-23/h2-8,10-11H,9H2,1H3,(H,21,22,24). The van der Waals surface area contributed by atoms with Gasteiger partial charge in [-0.25, -0.2) is 14.6 Å². The summed E-state index contributed by atoms with van der Waals surface area (Å²) in [4.78, 5) is 20.8. The first kappa shape index (κ1) is 16.2. The fourth-order valence-electron chi connectivity index (χ4n) is 2.52. The molecule has 2 aromatic heterocycles. The molecule has 0 bridgehead atoms. The monoisotopic (exact) mass is 365 g/mol. The number of hydrogen-bond donors (Lipinski definition) is 1. The zero-order valence-electron chi connectivity index (χ0n) is 13.9. The van der Waals surface area contributed by atoms with Crippen LogP contribution in [0.3, 0.4) is 0 Å². The molecule has 0 aliphatic heterocycles. The van der Waals surface area contributed by atoms with Gasteiger partial charge in [0.2, 0.25) is 0 Å². The predicted octanol–water partition coefficient (Wildman–Crippen LogP) is 3.20. The number of thiazole rings is 1. The highest BCUT2D eigenvalue weighted by molar-refractivity contribution is 7.22. The Balaban J connectivity index is 1.47. The lowest BCUT2D eigenvalue weighted by Gasteiger charge is -2.04. The molecule has 0 atom stereocenters. The van der Waals surface area contributed by atoms with Crippen LogP contribution in [0.15, 0.2) is 55.1 Å². The molecule has 4 rings (SSSR count). The van der Waals surface area contributed by atoms with E-state index in [4.69, 9.17) is 4.74 Å². The van der Waals surface area contributed by atoms with E-state index in [2.05, 4.69) is 20.4 Å². The summed E-state index contributed by atoms with van der Waals surface area (Å²) < 4.78 is 7.90. The van der Waals surface area contributed by atoms with Crippen molar-refractivity contribution >= 4 is 32.6 Å². The fourth-order valence-corrected chi connectivity index (χ4v) is 3.41. The second-order valence-corrected chi connectivity index (χ2v) is 6.63. The van der Waals surface area contributed by atoms with Crippen molar-refractivity contribution in [1.29, 1.82) is 0 Å². The summed E-state index contributed by atoms with van der Waals surface area (Å²) in [6.07, 6.45) is 3.15. The zero-order valence-corrected chi connectivity index (χ0v) is 14.7. The number of anilines is 1. The van der Waals surface area contributed by atoms with Crippen molar-refractivity contribution in [2.45, 2.75) is 6.54 Å². The molecule has 130 valence electrons. The van der Waals surface area contributed by atoms with Gasteiger partial charge in [-0.05, 0) is 35.9 Å². The number of rotatable bonds is 5. The quantitative estimate of drug-likeness (QED) is 0.587. The van der Waals surface area contributed by atoms with E-state index in [-0.39, 0.29) is 5.91 Å². The van der Waals surface area contributed by atoms with Crippen LogP contribution in [-0.4, -0.2) is 32.8 Å². The van der Waals surface area contributed by atoms with E-state index in [1.165, 1.54) is 17.7 Å². The minimum absolute atomic E-state index is 0.191. The number of benzene rings is 2. The maximum absolute atomic E-state index is 12.4. The van der Waals surface area contributed by atoms with Crippen LogP contribution in [0.4, 0.5) is 5.13 Å². The minimum atomic E-state index is -0.191. The molecule has 0 fully saturated rings. The van der Waals surface area contributed by atoms with Gasteiger partial charge in [0.15, 0.2) is 5.13 Å². The van der Waals surface area contributed by atoms with Crippen LogP contribution < -0.4 is 10.1 Å². The number of amides is 1. The number of hydrogen-bond acceptors (Lipinski definition) is 6. The number of methoxy groups -OCH3 is 1. The molecule has 0 spiro atoms. The van der Waals surface area contributed by atoms with Crippen molar-refractivity contribution < 1.29 is 9.53 Å². The second kappa shape index (κ2) is 6.93. The molecular weight excluding hydrogens is 350 g/mol. The summed E-state index contributed by atoms with van der Waals surface area (Å²) in [5.74, 6) is 0.574. The van der Waals surface area contributed by atoms with Gasteiger partial charge in [0, 0.05) is 5.56 Å². The average Bonchev–Trinajstić information content (AvgIpc) is 3.30. The summed E-state index contributed by atoms with van der Waals surface area (Å²) in [6, 6.07) is 13.0. The number of ether oxygens (including phenoxy) is 1. The van der Waals surface area contributed by atoms with Gasteiger partial charge in [0.25, 0.3) is 5.91 Å². The smallest absolute Gasteiger partial charge is 0.257 e. The van der Waals surface area contributed by atoms with Crippen LogP contribution in [0.2, 0.25) is 0 Å². The first-order chi connectivity index (χ1) is 12.7. The summed E-state index contributed by atoms with van der Waals surface area (Å²) >= 11 is 1.41. The Hall–Kier alpha value is -3.26. The third-order valence-electron chi connectivity index (χ3n) is 3.84. The molecule has 4 aromatic rings. The normalized spacial score (nSPS) is 10.8. The van der Waals surface area contributed by atoms with Crippen molar-refractivity contribution in [3.63, 3.8) is 0 Å². The molecule has 0 aliphatic carbocycles. The fraction of sp³-hybridized carbons (Fsp3) is 0.111. The van der Waals surface area contributed by atoms with E-state index in [9.17, 15) is 4.79 Å². The van der Waals surface area contributed by atoms with E-state index in [0.717, 1.165) is 21.5 Å². The Morgan fingerprint density at radius 3 is 2.81 bits per heavy atom. The number of nitrogens with zero attached hydrogens (tertiary/aromatic N) is 4. The SMILES string of the molecule is COc1ccc2nc(NC(=O)c3ccc(Cn4cncn4)cc3)sc2c1. The molecule has 0 saturated carbocycles. The minimum Gasteiger partial charge on any atom is -0.497 e. The molecule has 26 heavy (non-hydrogen) atoms. The van der Waals surface area contributed by atoms with Crippen molar-refractivity contribution in [3.05, 3.63) is 66.2 Å². The van der Waals surface area contributed by atoms with Crippen LogP contribution in [0.5, 0.6) is 5.75 Å². The average molecular weight is 365 g/mol. The van der Waals surface area contributed by atoms with Crippen molar-refractivity contribution in [1.82, 2.24) is 19.7 Å². The predicted molar refractivity (Wildman–Crippen MR) is 99.7 cm³/mol. The Labute approximate surface area is 153 Å². The maximum atomic E-state index is 12.4. The van der Waals surface area contributed by atoms with Crippen molar-refractivity contribution in [3.8, 4) is 5.75 Å². The summed E-state index contributed by atoms with van der Waals surface area (Å²) in [7, 11) is 1.62. The number of carbonyl (C=O) groups excluding carboxylic acids is 1. The van der Waals surface area contributed by atoms with E-state index < -0.39 is 0 Å². The van der Waals surface area contributed by atoms with Crippen LogP contribution in [0, 0.1) is 0 Å². The van der Waals surface area contributed by atoms with Gasteiger partial charge in [-0.3, -0.25) is 10.1 Å². The summed E-state index contributed by atoms with van der Waals surface area (Å²) in [6.45, 7) is 0.613. The van der Waals surface area contributed by atoms with Crippen molar-refractivity contribution in [2.24, 2.45) is 0 Å². The molecule has 2 aromatic carbocycles. The lowest BCUT2D eigenvalue weighted by molar-refractivity contribution is 0.102. The lowest BCUT2D eigenvalue weighted by atomic mass is 10.1. The molecular formula is C18H15N5O2S. The van der Waals surface area contributed by atoms with Gasteiger partial charge in [0.05, 0.1) is 23.9 Å². The number of carbonyl (C=O) groups is 1. The first-order valence-electron chi connectivity index (χ1n) is 7.88. The molecule has 1 N–H and O–H groups in total. The largest absolute Gasteiger partial charge is 0.497 e. The second-order valence-electron chi connectivity index (χ2n) is 5.60. The highest BCUT2D eigenvalue weighted by Crippen LogP contribution is 2.29.